The maximum atomic E-state index is 13.8. The molecule has 4 nitrogen and oxygen atoms in total. The van der Waals surface area contributed by atoms with Crippen molar-refractivity contribution in [3.05, 3.63) is 29.8 Å². The van der Waals surface area contributed by atoms with Gasteiger partial charge in [0.1, 0.15) is 5.75 Å². The monoisotopic (exact) mass is 422 g/mol. The Hall–Kier alpha value is -1.46. The van der Waals surface area contributed by atoms with Crippen LogP contribution in [0.2, 0.25) is 0 Å². The van der Waals surface area contributed by atoms with E-state index < -0.39 is 18.4 Å². The van der Waals surface area contributed by atoms with E-state index in [1.807, 2.05) is 19.1 Å². The van der Waals surface area contributed by atoms with Gasteiger partial charge in [-0.1, -0.05) is 77.3 Å². The van der Waals surface area contributed by atoms with Crippen molar-refractivity contribution in [2.45, 2.75) is 104 Å². The third kappa shape index (κ3) is 8.35. The van der Waals surface area contributed by atoms with Crippen LogP contribution >= 0.6 is 0 Å². The summed E-state index contributed by atoms with van der Waals surface area (Å²) in [6.45, 7) is 7.01. The van der Waals surface area contributed by atoms with Gasteiger partial charge in [0, 0.05) is 11.5 Å². The van der Waals surface area contributed by atoms with E-state index in [9.17, 15) is 9.18 Å². The summed E-state index contributed by atoms with van der Waals surface area (Å²) in [7, 11) is 0. The molecule has 1 aromatic carbocycles. The lowest BCUT2D eigenvalue weighted by Gasteiger charge is -2.35. The topological polar surface area (TPSA) is 44.8 Å². The Balaban J connectivity index is 1.75. The lowest BCUT2D eigenvalue weighted by atomic mass is 9.95. The fourth-order valence-electron chi connectivity index (χ4n) is 3.75. The molecule has 0 aromatic heterocycles. The first-order valence-corrected chi connectivity index (χ1v) is 11.8. The predicted octanol–water partition coefficient (Wildman–Crippen LogP) is 6.92. The average Bonchev–Trinajstić information content (AvgIpc) is 2.75. The Labute approximate surface area is 181 Å². The number of esters is 1. The van der Waals surface area contributed by atoms with Crippen LogP contribution in [0.3, 0.4) is 0 Å². The Morgan fingerprint density at radius 2 is 1.73 bits per heavy atom. The maximum absolute atomic E-state index is 13.8. The molecule has 1 unspecified atom stereocenters. The Kier molecular flexibility index (Phi) is 11.4. The predicted molar refractivity (Wildman–Crippen MR) is 117 cm³/mol. The molecule has 0 amide bonds. The van der Waals surface area contributed by atoms with Crippen molar-refractivity contribution in [2.24, 2.45) is 5.92 Å². The molecule has 5 heteroatoms. The number of rotatable bonds is 13. The van der Waals surface area contributed by atoms with Crippen LogP contribution in [0.5, 0.6) is 5.75 Å². The van der Waals surface area contributed by atoms with Crippen molar-refractivity contribution in [2.75, 3.05) is 6.61 Å². The number of alkyl halides is 1. The zero-order valence-electron chi connectivity index (χ0n) is 18.9. The molecular formula is C25H39FO4. The van der Waals surface area contributed by atoms with Gasteiger partial charge < -0.3 is 14.2 Å². The quantitative estimate of drug-likeness (QED) is 0.197. The standard InChI is InChI=1S/C25H39FO4/c1-4-6-8-9-10-11-12-21-18-28-25(29-19(21)3)20-14-16-22(17-15-20)30-24(27)23(26)13-7-5-2/h14-17,19,21,23,25H,4-13,18H2,1-3H3/t19-,21+,23?,25+/m1/s1. The van der Waals surface area contributed by atoms with E-state index in [1.165, 1.54) is 38.5 Å². The smallest absolute Gasteiger partial charge is 0.346 e. The normalized spacial score (nSPS) is 22.6. The molecule has 4 atom stereocenters. The lowest BCUT2D eigenvalue weighted by molar-refractivity contribution is -0.237. The third-order valence-electron chi connectivity index (χ3n) is 5.83. The van der Waals surface area contributed by atoms with Crippen molar-refractivity contribution in [3.63, 3.8) is 0 Å². The van der Waals surface area contributed by atoms with Gasteiger partial charge in [0.05, 0.1) is 12.7 Å². The minimum atomic E-state index is -1.57. The number of carbonyl (C=O) groups excluding carboxylic acids is 1. The van der Waals surface area contributed by atoms with Crippen molar-refractivity contribution in [1.82, 2.24) is 0 Å². The van der Waals surface area contributed by atoms with Crippen LogP contribution in [0.25, 0.3) is 0 Å². The second-order valence-electron chi connectivity index (χ2n) is 8.42. The van der Waals surface area contributed by atoms with Crippen molar-refractivity contribution in [1.29, 1.82) is 0 Å². The SMILES string of the molecule is CCCCCCCC[C@H]1CO[C@H](c2ccc(OC(=O)C(F)CCCC)cc2)O[C@@H]1C. The zero-order valence-corrected chi connectivity index (χ0v) is 18.9. The average molecular weight is 423 g/mol. The molecule has 170 valence electrons. The molecular weight excluding hydrogens is 383 g/mol. The van der Waals surface area contributed by atoms with E-state index in [4.69, 9.17) is 14.2 Å². The van der Waals surface area contributed by atoms with Crippen LogP contribution < -0.4 is 4.74 Å². The van der Waals surface area contributed by atoms with E-state index in [2.05, 4.69) is 13.8 Å². The number of benzene rings is 1. The number of carbonyl (C=O) groups is 1. The Bertz CT molecular complexity index is 604. The molecule has 0 spiro atoms. The van der Waals surface area contributed by atoms with E-state index in [1.54, 1.807) is 12.1 Å². The molecule has 2 rings (SSSR count). The second-order valence-corrected chi connectivity index (χ2v) is 8.42. The highest BCUT2D eigenvalue weighted by Crippen LogP contribution is 2.32. The summed E-state index contributed by atoms with van der Waals surface area (Å²) >= 11 is 0. The molecule has 1 saturated heterocycles. The number of halogens is 1. The third-order valence-corrected chi connectivity index (χ3v) is 5.83. The highest BCUT2D eigenvalue weighted by atomic mass is 19.1. The van der Waals surface area contributed by atoms with Gasteiger partial charge in [-0.2, -0.15) is 0 Å². The molecule has 1 aliphatic heterocycles. The van der Waals surface area contributed by atoms with Gasteiger partial charge >= 0.3 is 5.97 Å². The van der Waals surface area contributed by atoms with E-state index in [-0.39, 0.29) is 12.5 Å². The molecule has 0 N–H and O–H groups in total. The zero-order chi connectivity index (χ0) is 21.8. The van der Waals surface area contributed by atoms with Crippen LogP contribution in [0.1, 0.15) is 96.8 Å². The van der Waals surface area contributed by atoms with Gasteiger partial charge in [0.2, 0.25) is 0 Å². The lowest BCUT2D eigenvalue weighted by Crippen LogP contribution is -2.34. The fraction of sp³-hybridized carbons (Fsp3) is 0.720. The van der Waals surface area contributed by atoms with Crippen LogP contribution in [0, 0.1) is 5.92 Å². The second kappa shape index (κ2) is 13.8. The van der Waals surface area contributed by atoms with E-state index >= 15 is 0 Å². The molecule has 1 aromatic rings. The molecule has 0 saturated carbocycles. The number of hydrogen-bond donors (Lipinski definition) is 0. The summed E-state index contributed by atoms with van der Waals surface area (Å²) in [6, 6.07) is 6.96. The summed E-state index contributed by atoms with van der Waals surface area (Å²) in [6.07, 6.45) is 8.79. The van der Waals surface area contributed by atoms with Gasteiger partial charge in [-0.25, -0.2) is 9.18 Å². The van der Waals surface area contributed by atoms with E-state index in [0.717, 1.165) is 18.4 Å². The first-order valence-electron chi connectivity index (χ1n) is 11.8. The van der Waals surface area contributed by atoms with Crippen LogP contribution in [-0.2, 0) is 14.3 Å². The number of hydrogen-bond acceptors (Lipinski definition) is 4. The van der Waals surface area contributed by atoms with Crippen molar-refractivity contribution in [3.8, 4) is 5.75 Å². The summed E-state index contributed by atoms with van der Waals surface area (Å²) in [4.78, 5) is 11.8. The number of ether oxygens (including phenoxy) is 3. The Morgan fingerprint density at radius 1 is 1.07 bits per heavy atom. The fourth-order valence-corrected chi connectivity index (χ4v) is 3.75. The first-order chi connectivity index (χ1) is 14.5. The largest absolute Gasteiger partial charge is 0.424 e. The maximum Gasteiger partial charge on any atom is 0.346 e. The minimum Gasteiger partial charge on any atom is -0.424 e. The van der Waals surface area contributed by atoms with Gasteiger partial charge in [0.15, 0.2) is 12.5 Å². The van der Waals surface area contributed by atoms with Crippen LogP contribution in [-0.4, -0.2) is 24.9 Å². The molecule has 1 fully saturated rings. The summed E-state index contributed by atoms with van der Waals surface area (Å²) in [5.41, 5.74) is 0.877. The van der Waals surface area contributed by atoms with Crippen molar-refractivity contribution >= 4 is 5.97 Å². The van der Waals surface area contributed by atoms with E-state index in [0.29, 0.717) is 24.7 Å². The number of unbranched alkanes of at least 4 members (excludes halogenated alkanes) is 6. The van der Waals surface area contributed by atoms with Gasteiger partial charge in [-0.15, -0.1) is 0 Å². The van der Waals surface area contributed by atoms with Crippen LogP contribution in [0.4, 0.5) is 4.39 Å². The van der Waals surface area contributed by atoms with Crippen molar-refractivity contribution < 1.29 is 23.4 Å². The van der Waals surface area contributed by atoms with Crippen LogP contribution in [0.15, 0.2) is 24.3 Å². The first kappa shape index (κ1) is 24.8. The molecule has 30 heavy (non-hydrogen) atoms. The molecule has 0 aliphatic carbocycles. The molecule has 0 radical (unpaired) electrons. The molecule has 1 heterocycles. The summed E-state index contributed by atoms with van der Waals surface area (Å²) in [5.74, 6) is -0.0579. The molecule has 0 bridgehead atoms. The highest BCUT2D eigenvalue weighted by molar-refractivity contribution is 5.77. The highest BCUT2D eigenvalue weighted by Gasteiger charge is 2.29. The van der Waals surface area contributed by atoms with Gasteiger partial charge in [-0.05, 0) is 31.9 Å². The Morgan fingerprint density at radius 3 is 2.40 bits per heavy atom. The summed E-state index contributed by atoms with van der Waals surface area (Å²) < 4.78 is 31.0. The molecule has 1 aliphatic rings. The van der Waals surface area contributed by atoms with Gasteiger partial charge in [0.25, 0.3) is 0 Å². The van der Waals surface area contributed by atoms with Gasteiger partial charge in [-0.3, -0.25) is 0 Å². The minimum absolute atomic E-state index is 0.141. The summed E-state index contributed by atoms with van der Waals surface area (Å²) in [5, 5.41) is 0.